The van der Waals surface area contributed by atoms with Crippen molar-refractivity contribution >= 4 is 43.6 Å². The summed E-state index contributed by atoms with van der Waals surface area (Å²) in [6, 6.07) is 14.3. The highest BCUT2D eigenvalue weighted by Crippen LogP contribution is 2.35. The van der Waals surface area contributed by atoms with Gasteiger partial charge in [-0.05, 0) is 65.5 Å². The van der Waals surface area contributed by atoms with Gasteiger partial charge in [0.25, 0.3) is 0 Å². The van der Waals surface area contributed by atoms with Crippen LogP contribution in [-0.2, 0) is 20.2 Å². The average molecular weight is 513 g/mol. The van der Waals surface area contributed by atoms with E-state index in [0.717, 1.165) is 44.3 Å². The number of aryl methyl sites for hydroxylation is 1. The van der Waals surface area contributed by atoms with Crippen molar-refractivity contribution in [3.63, 3.8) is 0 Å². The highest BCUT2D eigenvalue weighted by Gasteiger charge is 2.10. The van der Waals surface area contributed by atoms with E-state index in [0.29, 0.717) is 6.61 Å². The first-order valence-corrected chi connectivity index (χ1v) is 10.9. The number of rotatable bonds is 9. The molecule has 1 heterocycles. The minimum atomic E-state index is 0.532. The summed E-state index contributed by atoms with van der Waals surface area (Å²) in [7, 11) is 1.84. The number of nitrogens with one attached hydrogen (secondary N) is 1. The largest absolute Gasteiger partial charge is 0.487 e. The molecule has 0 amide bonds. The van der Waals surface area contributed by atoms with Gasteiger partial charge < -0.3 is 10.1 Å². The van der Waals surface area contributed by atoms with Crippen LogP contribution in [0.3, 0.4) is 0 Å². The number of hydrogen-bond acceptors (Lipinski definition) is 6. The molecule has 27 heavy (non-hydrogen) atoms. The molecule has 0 spiro atoms. The number of benzene rings is 2. The molecular weight excluding hydrogens is 494 g/mol. The van der Waals surface area contributed by atoms with Crippen molar-refractivity contribution < 1.29 is 4.74 Å². The number of halogens is 2. The second kappa shape index (κ2) is 10.2. The van der Waals surface area contributed by atoms with Crippen LogP contribution in [-0.4, -0.2) is 32.5 Å². The quantitative estimate of drug-likeness (QED) is 0.342. The third kappa shape index (κ3) is 6.03. The Morgan fingerprint density at radius 1 is 1.11 bits per heavy atom. The van der Waals surface area contributed by atoms with Gasteiger partial charge in [0.15, 0.2) is 0 Å². The summed E-state index contributed by atoms with van der Waals surface area (Å²) in [5.74, 6) is 1.71. The molecule has 2 aromatic carbocycles. The molecule has 0 aliphatic heterocycles. The summed E-state index contributed by atoms with van der Waals surface area (Å²) >= 11 is 8.86. The van der Waals surface area contributed by atoms with E-state index in [4.69, 9.17) is 4.74 Å². The van der Waals surface area contributed by atoms with Gasteiger partial charge in [0.2, 0.25) is 5.16 Å². The van der Waals surface area contributed by atoms with Crippen LogP contribution in [0.1, 0.15) is 11.1 Å². The third-order valence-corrected chi connectivity index (χ3v) is 5.89. The molecule has 0 saturated carbocycles. The maximum absolute atomic E-state index is 5.97. The zero-order chi connectivity index (χ0) is 19.1. The van der Waals surface area contributed by atoms with Crippen LogP contribution in [0, 0.1) is 0 Å². The molecule has 1 N–H and O–H groups in total. The lowest BCUT2D eigenvalue weighted by atomic mass is 10.2. The molecule has 0 unspecified atom stereocenters. The lowest BCUT2D eigenvalue weighted by Crippen LogP contribution is -2.17. The van der Waals surface area contributed by atoms with Crippen LogP contribution in [0.25, 0.3) is 0 Å². The van der Waals surface area contributed by atoms with E-state index in [1.807, 2.05) is 25.2 Å². The van der Waals surface area contributed by atoms with Crippen LogP contribution < -0.4 is 10.1 Å². The zero-order valence-corrected chi connectivity index (χ0v) is 18.7. The normalized spacial score (nSPS) is 10.9. The highest BCUT2D eigenvalue weighted by atomic mass is 79.9. The van der Waals surface area contributed by atoms with Gasteiger partial charge in [0, 0.05) is 25.9 Å². The fraction of sp³-hybridized carbons (Fsp3) is 0.278. The summed E-state index contributed by atoms with van der Waals surface area (Å²) in [6.07, 6.45) is 0. The maximum atomic E-state index is 5.97. The molecule has 0 atom stereocenters. The number of hydrogen-bond donors (Lipinski definition) is 1. The molecule has 0 aliphatic rings. The summed E-state index contributed by atoms with van der Waals surface area (Å²) in [4.78, 5) is 0. The van der Waals surface area contributed by atoms with Gasteiger partial charge in [-0.15, -0.1) is 5.10 Å². The molecule has 3 aromatic rings. The predicted octanol–water partition coefficient (Wildman–Crippen LogP) is 4.20. The van der Waals surface area contributed by atoms with Gasteiger partial charge in [-0.2, -0.15) is 0 Å². The van der Waals surface area contributed by atoms with Crippen molar-refractivity contribution in [1.29, 1.82) is 0 Å². The van der Waals surface area contributed by atoms with Crippen LogP contribution in [0.2, 0.25) is 0 Å². The summed E-state index contributed by atoms with van der Waals surface area (Å²) in [6.45, 7) is 2.16. The molecule has 0 aliphatic carbocycles. The first kappa shape index (κ1) is 20.3. The summed E-state index contributed by atoms with van der Waals surface area (Å²) in [5, 5.41) is 15.7. The molecule has 1 aromatic heterocycles. The van der Waals surface area contributed by atoms with Gasteiger partial charge in [-0.25, -0.2) is 4.68 Å². The fourth-order valence-corrected chi connectivity index (χ4v) is 4.63. The zero-order valence-electron chi connectivity index (χ0n) is 14.7. The summed E-state index contributed by atoms with van der Waals surface area (Å²) < 4.78 is 9.51. The van der Waals surface area contributed by atoms with Crippen molar-refractivity contribution in [2.75, 3.05) is 12.3 Å². The summed E-state index contributed by atoms with van der Waals surface area (Å²) in [5.41, 5.74) is 2.31. The lowest BCUT2D eigenvalue weighted by molar-refractivity contribution is 0.302. The monoisotopic (exact) mass is 511 g/mol. The number of thioether (sulfide) groups is 1. The van der Waals surface area contributed by atoms with E-state index in [-0.39, 0.29) is 0 Å². The molecule has 0 fully saturated rings. The van der Waals surface area contributed by atoms with Crippen molar-refractivity contribution in [3.05, 3.63) is 62.5 Å². The van der Waals surface area contributed by atoms with E-state index >= 15 is 0 Å². The number of nitrogens with zero attached hydrogens (tertiary/aromatic N) is 4. The fourth-order valence-electron chi connectivity index (χ4n) is 2.37. The Kier molecular flexibility index (Phi) is 7.69. The maximum Gasteiger partial charge on any atom is 0.209 e. The van der Waals surface area contributed by atoms with Gasteiger partial charge in [-0.3, -0.25) is 0 Å². The molecule has 6 nitrogen and oxygen atoms in total. The molecule has 0 radical (unpaired) electrons. The second-order valence-corrected chi connectivity index (χ2v) is 8.54. The van der Waals surface area contributed by atoms with Crippen molar-refractivity contribution in [2.45, 2.75) is 18.3 Å². The average Bonchev–Trinajstić information content (AvgIpc) is 3.06. The van der Waals surface area contributed by atoms with Crippen LogP contribution >= 0.6 is 43.6 Å². The molecule has 142 valence electrons. The Bertz CT molecular complexity index is 852. The first-order chi connectivity index (χ1) is 13.1. The number of tetrazole rings is 1. The third-order valence-electron chi connectivity index (χ3n) is 3.70. The van der Waals surface area contributed by atoms with Crippen LogP contribution in [0.15, 0.2) is 56.6 Å². The molecule has 3 rings (SSSR count). The van der Waals surface area contributed by atoms with E-state index in [9.17, 15) is 0 Å². The molecule has 9 heteroatoms. The topological polar surface area (TPSA) is 64.9 Å². The van der Waals surface area contributed by atoms with Crippen molar-refractivity contribution in [2.24, 2.45) is 7.05 Å². The van der Waals surface area contributed by atoms with Crippen molar-refractivity contribution in [3.8, 4) is 5.75 Å². The Hall–Kier alpha value is -1.42. The van der Waals surface area contributed by atoms with Crippen LogP contribution in [0.4, 0.5) is 0 Å². The standard InChI is InChI=1S/C18H19Br2N5OS/c1-25-18(22-23-24-25)27-8-7-21-11-14-9-15(19)17(16(20)10-14)26-12-13-5-3-2-4-6-13/h2-6,9-10,21H,7-8,11-12H2,1H3. The van der Waals surface area contributed by atoms with Gasteiger partial charge in [0.05, 0.1) is 8.95 Å². The van der Waals surface area contributed by atoms with Crippen LogP contribution in [0.5, 0.6) is 5.75 Å². The molecular formula is C18H19Br2N5OS. The minimum absolute atomic E-state index is 0.532. The Morgan fingerprint density at radius 2 is 1.85 bits per heavy atom. The van der Waals surface area contributed by atoms with Gasteiger partial charge in [0.1, 0.15) is 12.4 Å². The van der Waals surface area contributed by atoms with Gasteiger partial charge >= 0.3 is 0 Å². The van der Waals surface area contributed by atoms with E-state index in [1.54, 1.807) is 16.4 Å². The SMILES string of the molecule is Cn1nnnc1SCCNCc1cc(Br)c(OCc2ccccc2)c(Br)c1. The van der Waals surface area contributed by atoms with E-state index in [1.165, 1.54) is 5.56 Å². The molecule has 0 saturated heterocycles. The predicted molar refractivity (Wildman–Crippen MR) is 114 cm³/mol. The highest BCUT2D eigenvalue weighted by molar-refractivity contribution is 9.11. The Labute approximate surface area is 179 Å². The molecule has 0 bridgehead atoms. The Morgan fingerprint density at radius 3 is 2.52 bits per heavy atom. The lowest BCUT2D eigenvalue weighted by Gasteiger charge is -2.13. The minimum Gasteiger partial charge on any atom is -0.487 e. The second-order valence-electron chi connectivity index (χ2n) is 5.77. The van der Waals surface area contributed by atoms with Gasteiger partial charge in [-0.1, -0.05) is 42.1 Å². The number of aromatic nitrogens is 4. The van der Waals surface area contributed by atoms with E-state index in [2.05, 4.69) is 77.0 Å². The van der Waals surface area contributed by atoms with E-state index < -0.39 is 0 Å². The first-order valence-electron chi connectivity index (χ1n) is 8.34. The van der Waals surface area contributed by atoms with Crippen molar-refractivity contribution in [1.82, 2.24) is 25.5 Å². The Balaban J connectivity index is 1.48. The number of ether oxygens (including phenoxy) is 1. The smallest absolute Gasteiger partial charge is 0.209 e.